The van der Waals surface area contributed by atoms with Gasteiger partial charge in [0, 0.05) is 25.6 Å². The molecule has 1 fully saturated rings. The molecule has 0 bridgehead atoms. The van der Waals surface area contributed by atoms with Crippen LogP contribution in [0.2, 0.25) is 0 Å². The zero-order valence-corrected chi connectivity index (χ0v) is 13.6. The Morgan fingerprint density at radius 1 is 1.24 bits per heavy atom. The Morgan fingerprint density at radius 2 is 1.90 bits per heavy atom. The molecule has 0 aromatic heterocycles. The summed E-state index contributed by atoms with van der Waals surface area (Å²) >= 11 is 0. The molecule has 1 aliphatic rings. The Bertz CT molecular complexity index is 478. The molecule has 1 saturated carbocycles. The first-order chi connectivity index (χ1) is 10.1. The second-order valence-corrected chi connectivity index (χ2v) is 6.44. The molecule has 1 N–H and O–H groups in total. The molecule has 116 valence electrons. The highest BCUT2D eigenvalue weighted by Gasteiger charge is 2.33. The maximum Gasteiger partial charge on any atom is 0.224 e. The normalized spacial score (nSPS) is 17.5. The van der Waals surface area contributed by atoms with Gasteiger partial charge in [0.15, 0.2) is 0 Å². The van der Waals surface area contributed by atoms with Crippen LogP contribution in [0.4, 0.5) is 0 Å². The van der Waals surface area contributed by atoms with E-state index in [9.17, 15) is 4.79 Å². The van der Waals surface area contributed by atoms with Gasteiger partial charge < -0.3 is 10.2 Å². The maximum atomic E-state index is 12.6. The third-order valence-corrected chi connectivity index (χ3v) is 4.93. The maximum absolute atomic E-state index is 12.6. The first kappa shape index (κ1) is 16.0. The second kappa shape index (κ2) is 7.08. The molecule has 0 heterocycles. The standard InChI is InChI=1S/C18H28N2O/c1-15-9-5-6-10-16(15)14-20(3)17(21)13-18(19-2)11-7-4-8-12-18/h5-6,9-10,19H,4,7-8,11-14H2,1-3H3. The van der Waals surface area contributed by atoms with Gasteiger partial charge in [-0.3, -0.25) is 4.79 Å². The summed E-state index contributed by atoms with van der Waals surface area (Å²) in [5.41, 5.74) is 2.50. The monoisotopic (exact) mass is 288 g/mol. The van der Waals surface area contributed by atoms with Gasteiger partial charge in [-0.1, -0.05) is 43.5 Å². The minimum atomic E-state index is 0.0231. The molecule has 1 aromatic carbocycles. The number of nitrogens with one attached hydrogen (secondary N) is 1. The fourth-order valence-corrected chi connectivity index (χ4v) is 3.30. The van der Waals surface area contributed by atoms with E-state index in [1.54, 1.807) is 0 Å². The van der Waals surface area contributed by atoms with Crippen molar-refractivity contribution in [3.05, 3.63) is 35.4 Å². The molecule has 0 radical (unpaired) electrons. The number of aryl methyl sites for hydroxylation is 1. The van der Waals surface area contributed by atoms with Gasteiger partial charge in [-0.15, -0.1) is 0 Å². The molecule has 0 atom stereocenters. The van der Waals surface area contributed by atoms with Gasteiger partial charge in [0.2, 0.25) is 5.91 Å². The highest BCUT2D eigenvalue weighted by Crippen LogP contribution is 2.31. The lowest BCUT2D eigenvalue weighted by Crippen LogP contribution is -2.48. The van der Waals surface area contributed by atoms with E-state index in [2.05, 4.69) is 24.4 Å². The van der Waals surface area contributed by atoms with Crippen LogP contribution in [0.25, 0.3) is 0 Å². The molecular weight excluding hydrogens is 260 g/mol. The quantitative estimate of drug-likeness (QED) is 0.902. The average Bonchev–Trinajstić information content (AvgIpc) is 2.50. The fraction of sp³-hybridized carbons (Fsp3) is 0.611. The van der Waals surface area contributed by atoms with Crippen molar-refractivity contribution >= 4 is 5.91 Å². The minimum absolute atomic E-state index is 0.0231. The highest BCUT2D eigenvalue weighted by molar-refractivity contribution is 5.77. The van der Waals surface area contributed by atoms with Crippen molar-refractivity contribution in [2.24, 2.45) is 0 Å². The Kier molecular flexibility index (Phi) is 5.40. The van der Waals surface area contributed by atoms with E-state index >= 15 is 0 Å². The number of benzene rings is 1. The first-order valence-electron chi connectivity index (χ1n) is 8.04. The van der Waals surface area contributed by atoms with Crippen molar-refractivity contribution in [3.63, 3.8) is 0 Å². The molecule has 1 aliphatic carbocycles. The van der Waals surface area contributed by atoms with Crippen LogP contribution in [0, 0.1) is 6.92 Å². The lowest BCUT2D eigenvalue weighted by molar-refractivity contribution is -0.132. The van der Waals surface area contributed by atoms with Crippen LogP contribution < -0.4 is 5.32 Å². The van der Waals surface area contributed by atoms with Crippen LogP contribution in [-0.4, -0.2) is 30.4 Å². The number of rotatable bonds is 5. The number of carbonyl (C=O) groups excluding carboxylic acids is 1. The van der Waals surface area contributed by atoms with E-state index < -0.39 is 0 Å². The van der Waals surface area contributed by atoms with Gasteiger partial charge in [-0.25, -0.2) is 0 Å². The Labute approximate surface area is 128 Å². The molecular formula is C18H28N2O. The lowest BCUT2D eigenvalue weighted by Gasteiger charge is -2.37. The van der Waals surface area contributed by atoms with Crippen LogP contribution in [-0.2, 0) is 11.3 Å². The topological polar surface area (TPSA) is 32.3 Å². The van der Waals surface area contributed by atoms with E-state index in [-0.39, 0.29) is 11.4 Å². The Balaban J connectivity index is 1.97. The SMILES string of the molecule is CNC1(CC(=O)N(C)Cc2ccccc2C)CCCCC1. The van der Waals surface area contributed by atoms with Gasteiger partial charge in [0.05, 0.1) is 0 Å². The third kappa shape index (κ3) is 4.07. The minimum Gasteiger partial charge on any atom is -0.341 e. The summed E-state index contributed by atoms with van der Waals surface area (Å²) in [4.78, 5) is 14.4. The van der Waals surface area contributed by atoms with E-state index in [4.69, 9.17) is 0 Å². The van der Waals surface area contributed by atoms with Crippen molar-refractivity contribution in [1.29, 1.82) is 0 Å². The van der Waals surface area contributed by atoms with Gasteiger partial charge in [0.25, 0.3) is 0 Å². The summed E-state index contributed by atoms with van der Waals surface area (Å²) in [5, 5.41) is 3.43. The summed E-state index contributed by atoms with van der Waals surface area (Å²) in [5.74, 6) is 0.245. The molecule has 2 rings (SSSR count). The Hall–Kier alpha value is -1.35. The predicted octanol–water partition coefficient (Wildman–Crippen LogP) is 3.27. The van der Waals surface area contributed by atoms with Crippen LogP contribution in [0.1, 0.15) is 49.7 Å². The van der Waals surface area contributed by atoms with Gasteiger partial charge in [-0.05, 0) is 37.9 Å². The van der Waals surface area contributed by atoms with Gasteiger partial charge >= 0.3 is 0 Å². The summed E-state index contributed by atoms with van der Waals surface area (Å²) in [6, 6.07) is 8.28. The van der Waals surface area contributed by atoms with Crippen molar-refractivity contribution < 1.29 is 4.79 Å². The lowest BCUT2D eigenvalue weighted by atomic mass is 9.79. The van der Waals surface area contributed by atoms with E-state index in [0.29, 0.717) is 13.0 Å². The summed E-state index contributed by atoms with van der Waals surface area (Å²) in [6.45, 7) is 2.80. The van der Waals surface area contributed by atoms with Crippen molar-refractivity contribution in [1.82, 2.24) is 10.2 Å². The molecule has 1 aromatic rings. The predicted molar refractivity (Wildman–Crippen MR) is 87.1 cm³/mol. The largest absolute Gasteiger partial charge is 0.341 e. The smallest absolute Gasteiger partial charge is 0.224 e. The van der Waals surface area contributed by atoms with Crippen molar-refractivity contribution in [2.45, 2.75) is 57.5 Å². The zero-order valence-electron chi connectivity index (χ0n) is 13.6. The fourth-order valence-electron chi connectivity index (χ4n) is 3.30. The van der Waals surface area contributed by atoms with E-state index in [1.807, 2.05) is 31.1 Å². The van der Waals surface area contributed by atoms with E-state index in [1.165, 1.54) is 30.4 Å². The molecule has 0 saturated heterocycles. The first-order valence-corrected chi connectivity index (χ1v) is 8.04. The molecule has 0 aliphatic heterocycles. The Morgan fingerprint density at radius 3 is 2.52 bits per heavy atom. The zero-order chi connectivity index (χ0) is 15.3. The molecule has 21 heavy (non-hydrogen) atoms. The van der Waals surface area contributed by atoms with Gasteiger partial charge in [-0.2, -0.15) is 0 Å². The molecule has 3 nitrogen and oxygen atoms in total. The highest BCUT2D eigenvalue weighted by atomic mass is 16.2. The van der Waals surface area contributed by atoms with Crippen molar-refractivity contribution in [3.8, 4) is 0 Å². The third-order valence-electron chi connectivity index (χ3n) is 4.93. The van der Waals surface area contributed by atoms with Crippen LogP contribution in [0.15, 0.2) is 24.3 Å². The number of amides is 1. The molecule has 1 amide bonds. The summed E-state index contributed by atoms with van der Waals surface area (Å²) in [7, 11) is 3.92. The van der Waals surface area contributed by atoms with Gasteiger partial charge in [0.1, 0.15) is 0 Å². The molecule has 0 spiro atoms. The number of hydrogen-bond acceptors (Lipinski definition) is 2. The van der Waals surface area contributed by atoms with Crippen LogP contribution >= 0.6 is 0 Å². The number of nitrogens with zero attached hydrogens (tertiary/aromatic N) is 1. The average molecular weight is 288 g/mol. The molecule has 3 heteroatoms. The van der Waals surface area contributed by atoms with Crippen LogP contribution in [0.5, 0.6) is 0 Å². The number of carbonyl (C=O) groups is 1. The second-order valence-electron chi connectivity index (χ2n) is 6.44. The van der Waals surface area contributed by atoms with Crippen molar-refractivity contribution in [2.75, 3.05) is 14.1 Å². The molecule has 0 unspecified atom stereocenters. The number of hydrogen-bond donors (Lipinski definition) is 1. The van der Waals surface area contributed by atoms with Crippen LogP contribution in [0.3, 0.4) is 0 Å². The summed E-state index contributed by atoms with van der Waals surface area (Å²) < 4.78 is 0. The van der Waals surface area contributed by atoms with E-state index in [0.717, 1.165) is 12.8 Å². The summed E-state index contributed by atoms with van der Waals surface area (Å²) in [6.07, 6.45) is 6.62.